The highest BCUT2D eigenvalue weighted by Crippen LogP contribution is 2.27. The van der Waals surface area contributed by atoms with Crippen molar-refractivity contribution in [3.8, 4) is 11.3 Å². The van der Waals surface area contributed by atoms with Crippen molar-refractivity contribution < 1.29 is 14.3 Å². The summed E-state index contributed by atoms with van der Waals surface area (Å²) in [6, 6.07) is 15.8. The van der Waals surface area contributed by atoms with Crippen LogP contribution < -0.4 is 10.6 Å². The van der Waals surface area contributed by atoms with Gasteiger partial charge in [0.25, 0.3) is 5.91 Å². The molecular formula is C24H22N6O3. The molecule has 1 saturated heterocycles. The van der Waals surface area contributed by atoms with E-state index in [4.69, 9.17) is 9.47 Å². The van der Waals surface area contributed by atoms with Gasteiger partial charge in [-0.3, -0.25) is 9.78 Å². The Bertz CT molecular complexity index is 1310. The first kappa shape index (κ1) is 19.8. The summed E-state index contributed by atoms with van der Waals surface area (Å²) in [6.07, 6.45) is 5.06. The summed E-state index contributed by atoms with van der Waals surface area (Å²) in [5.74, 6) is 0.455. The van der Waals surface area contributed by atoms with Crippen LogP contribution in [0.15, 0.2) is 60.9 Å². The zero-order valence-corrected chi connectivity index (χ0v) is 17.8. The monoisotopic (exact) mass is 442 g/mol. The molecule has 2 fully saturated rings. The minimum Gasteiger partial charge on any atom is -0.348 e. The zero-order valence-electron chi connectivity index (χ0n) is 17.8. The molecule has 33 heavy (non-hydrogen) atoms. The van der Waals surface area contributed by atoms with Crippen LogP contribution in [-0.2, 0) is 9.47 Å². The summed E-state index contributed by atoms with van der Waals surface area (Å²) in [5.41, 5.74) is 4.62. The van der Waals surface area contributed by atoms with E-state index in [0.717, 1.165) is 35.3 Å². The predicted octanol–water partition coefficient (Wildman–Crippen LogP) is 3.47. The third-order valence-electron chi connectivity index (χ3n) is 5.62. The number of rotatable bonds is 6. The van der Waals surface area contributed by atoms with Gasteiger partial charge >= 0.3 is 0 Å². The number of pyridine rings is 1. The maximum atomic E-state index is 12.5. The first-order chi connectivity index (χ1) is 16.2. The Labute approximate surface area is 189 Å². The van der Waals surface area contributed by atoms with Crippen molar-refractivity contribution in [3.63, 3.8) is 0 Å². The first-order valence-corrected chi connectivity index (χ1v) is 11.0. The number of amides is 1. The number of carbonyl (C=O) groups excluding carboxylic acids is 1. The fourth-order valence-corrected chi connectivity index (χ4v) is 3.75. The van der Waals surface area contributed by atoms with Gasteiger partial charge in [-0.25, -0.2) is 9.50 Å². The minimum atomic E-state index is -0.333. The smallest absolute Gasteiger partial charge is 0.271 e. The maximum Gasteiger partial charge on any atom is 0.271 e. The summed E-state index contributed by atoms with van der Waals surface area (Å²) in [5, 5.41) is 10.9. The highest BCUT2D eigenvalue weighted by Gasteiger charge is 2.25. The van der Waals surface area contributed by atoms with Gasteiger partial charge in [0.2, 0.25) is 0 Å². The van der Waals surface area contributed by atoms with Gasteiger partial charge in [0.15, 0.2) is 23.4 Å². The lowest BCUT2D eigenvalue weighted by molar-refractivity contribution is -0.0443. The number of hydrogen-bond donors (Lipinski definition) is 2. The van der Waals surface area contributed by atoms with Crippen LogP contribution in [0.25, 0.3) is 16.9 Å². The molecule has 1 aromatic carbocycles. The summed E-state index contributed by atoms with van der Waals surface area (Å²) < 4.78 is 12.6. The second-order valence-electron chi connectivity index (χ2n) is 8.14. The molecule has 6 rings (SSSR count). The van der Waals surface area contributed by atoms with E-state index in [0.29, 0.717) is 30.4 Å². The van der Waals surface area contributed by atoms with E-state index in [1.54, 1.807) is 16.9 Å². The molecule has 0 bridgehead atoms. The van der Waals surface area contributed by atoms with Gasteiger partial charge < -0.3 is 20.1 Å². The SMILES string of the molecule is O=C(NC1CC1)c1cnc2ccc(Nc3cccc(-c4ccc(C5OCCO5)cn4)c3)nn12. The second kappa shape index (κ2) is 8.27. The molecule has 9 heteroatoms. The largest absolute Gasteiger partial charge is 0.348 e. The fourth-order valence-electron chi connectivity index (χ4n) is 3.75. The first-order valence-electron chi connectivity index (χ1n) is 11.0. The Hall–Kier alpha value is -3.82. The van der Waals surface area contributed by atoms with Crippen molar-refractivity contribution in [2.45, 2.75) is 25.2 Å². The average Bonchev–Trinajstić information content (AvgIpc) is 3.32. The van der Waals surface area contributed by atoms with Crippen molar-refractivity contribution >= 4 is 23.1 Å². The van der Waals surface area contributed by atoms with Crippen molar-refractivity contribution in [2.75, 3.05) is 18.5 Å². The quantitative estimate of drug-likeness (QED) is 0.471. The third-order valence-corrected chi connectivity index (χ3v) is 5.62. The van der Waals surface area contributed by atoms with Crippen LogP contribution in [0.2, 0.25) is 0 Å². The molecule has 1 aliphatic carbocycles. The molecule has 166 valence electrons. The molecule has 1 amide bonds. The summed E-state index contributed by atoms with van der Waals surface area (Å²) in [6.45, 7) is 1.21. The summed E-state index contributed by atoms with van der Waals surface area (Å²) >= 11 is 0. The molecule has 4 aromatic rings. The Morgan fingerprint density at radius 3 is 2.67 bits per heavy atom. The van der Waals surface area contributed by atoms with Crippen molar-refractivity contribution in [1.29, 1.82) is 0 Å². The number of ether oxygens (including phenoxy) is 2. The summed E-state index contributed by atoms with van der Waals surface area (Å²) in [7, 11) is 0. The van der Waals surface area contributed by atoms with E-state index in [1.165, 1.54) is 0 Å². The number of nitrogens with zero attached hydrogens (tertiary/aromatic N) is 4. The van der Waals surface area contributed by atoms with Crippen LogP contribution in [0.4, 0.5) is 11.5 Å². The molecule has 1 saturated carbocycles. The molecular weight excluding hydrogens is 420 g/mol. The lowest BCUT2D eigenvalue weighted by Crippen LogP contribution is -2.27. The van der Waals surface area contributed by atoms with E-state index >= 15 is 0 Å². The molecule has 3 aromatic heterocycles. The molecule has 4 heterocycles. The van der Waals surface area contributed by atoms with Gasteiger partial charge in [0.05, 0.1) is 25.1 Å². The van der Waals surface area contributed by atoms with Crippen molar-refractivity contribution in [3.05, 3.63) is 72.2 Å². The van der Waals surface area contributed by atoms with Gasteiger partial charge in [-0.1, -0.05) is 18.2 Å². The molecule has 2 N–H and O–H groups in total. The third kappa shape index (κ3) is 4.15. The van der Waals surface area contributed by atoms with Gasteiger partial charge in [0, 0.05) is 29.1 Å². The zero-order chi connectivity index (χ0) is 22.2. The average molecular weight is 442 g/mol. The molecule has 0 unspecified atom stereocenters. The van der Waals surface area contributed by atoms with E-state index in [2.05, 4.69) is 25.7 Å². The van der Waals surface area contributed by atoms with Crippen LogP contribution in [0.3, 0.4) is 0 Å². The minimum absolute atomic E-state index is 0.153. The molecule has 1 aliphatic heterocycles. The highest BCUT2D eigenvalue weighted by atomic mass is 16.7. The van der Waals surface area contributed by atoms with Gasteiger partial charge in [-0.05, 0) is 43.2 Å². The Kier molecular flexibility index (Phi) is 4.97. The van der Waals surface area contributed by atoms with Crippen molar-refractivity contribution in [2.24, 2.45) is 0 Å². The lowest BCUT2D eigenvalue weighted by Gasteiger charge is -2.11. The molecule has 9 nitrogen and oxygen atoms in total. The molecule has 0 spiro atoms. The number of aromatic nitrogens is 4. The predicted molar refractivity (Wildman–Crippen MR) is 121 cm³/mol. The maximum absolute atomic E-state index is 12.5. The van der Waals surface area contributed by atoms with E-state index in [1.807, 2.05) is 48.5 Å². The van der Waals surface area contributed by atoms with E-state index < -0.39 is 0 Å². The Morgan fingerprint density at radius 1 is 1.00 bits per heavy atom. The number of fused-ring (bicyclic) bond motifs is 1. The molecule has 0 atom stereocenters. The highest BCUT2D eigenvalue weighted by molar-refractivity contribution is 5.93. The number of anilines is 2. The van der Waals surface area contributed by atoms with Gasteiger partial charge in [-0.2, -0.15) is 0 Å². The molecule has 0 radical (unpaired) electrons. The van der Waals surface area contributed by atoms with Crippen LogP contribution in [0, 0.1) is 0 Å². The fraction of sp³-hybridized carbons (Fsp3) is 0.250. The van der Waals surface area contributed by atoms with Crippen LogP contribution in [0.5, 0.6) is 0 Å². The van der Waals surface area contributed by atoms with Crippen LogP contribution >= 0.6 is 0 Å². The van der Waals surface area contributed by atoms with E-state index in [-0.39, 0.29) is 18.2 Å². The molecule has 2 aliphatic rings. The lowest BCUT2D eigenvalue weighted by atomic mass is 10.1. The normalized spacial score (nSPS) is 16.2. The topological polar surface area (TPSA) is 103 Å². The number of benzene rings is 1. The summed E-state index contributed by atoms with van der Waals surface area (Å²) in [4.78, 5) is 21.4. The standard InChI is InChI=1S/C24H22N6O3/c31-23(28-17-5-6-17)20-14-26-22-9-8-21(29-30(20)22)27-18-3-1-2-15(12-18)19-7-4-16(13-25-19)24-32-10-11-33-24/h1-4,7-9,12-14,17,24H,5-6,10-11H2,(H,27,29)(H,28,31). The van der Waals surface area contributed by atoms with Crippen molar-refractivity contribution in [1.82, 2.24) is 24.9 Å². The second-order valence-corrected chi connectivity index (χ2v) is 8.14. The van der Waals surface area contributed by atoms with Gasteiger partial charge in [-0.15, -0.1) is 5.10 Å². The van der Waals surface area contributed by atoms with Crippen LogP contribution in [0.1, 0.15) is 35.2 Å². The number of nitrogens with one attached hydrogen (secondary N) is 2. The Balaban J connectivity index is 1.22. The Morgan fingerprint density at radius 2 is 1.88 bits per heavy atom. The van der Waals surface area contributed by atoms with Gasteiger partial charge in [0.1, 0.15) is 0 Å². The van der Waals surface area contributed by atoms with Crippen LogP contribution in [-0.4, -0.2) is 44.7 Å². The number of hydrogen-bond acceptors (Lipinski definition) is 7. The van der Waals surface area contributed by atoms with E-state index in [9.17, 15) is 4.79 Å². The number of carbonyl (C=O) groups is 1. The number of imidazole rings is 1.